The van der Waals surface area contributed by atoms with E-state index in [1.165, 1.54) is 0 Å². The lowest BCUT2D eigenvalue weighted by atomic mass is 10.1. The van der Waals surface area contributed by atoms with Gasteiger partial charge in [-0.05, 0) is 38.6 Å². The summed E-state index contributed by atoms with van der Waals surface area (Å²) in [6.45, 7) is 11.9. The van der Waals surface area contributed by atoms with Crippen LogP contribution < -0.4 is 10.6 Å². The van der Waals surface area contributed by atoms with Gasteiger partial charge in [0.1, 0.15) is 5.01 Å². The number of nitrogens with one attached hydrogen (secondary N) is 2. The van der Waals surface area contributed by atoms with Crippen LogP contribution in [0.4, 0.5) is 0 Å². The summed E-state index contributed by atoms with van der Waals surface area (Å²) in [6.07, 6.45) is 2.80. The Labute approximate surface area is 178 Å². The fourth-order valence-corrected chi connectivity index (χ4v) is 3.68. The number of aliphatic hydroxyl groups is 1. The first-order valence-corrected chi connectivity index (χ1v) is 10.3. The second-order valence-corrected chi connectivity index (χ2v) is 7.81. The van der Waals surface area contributed by atoms with Crippen LogP contribution in [0.3, 0.4) is 0 Å². The number of rotatable bonds is 8. The van der Waals surface area contributed by atoms with Gasteiger partial charge < -0.3 is 20.6 Å². The third kappa shape index (κ3) is 8.49. The zero-order valence-electron chi connectivity index (χ0n) is 16.2. The third-order valence-electron chi connectivity index (χ3n) is 4.38. The Kier molecular flexibility index (Phi) is 11.7. The van der Waals surface area contributed by atoms with Crippen LogP contribution in [-0.2, 0) is 6.54 Å². The van der Waals surface area contributed by atoms with Gasteiger partial charge in [0.2, 0.25) is 0 Å². The number of piperidine rings is 1. The van der Waals surface area contributed by atoms with Gasteiger partial charge in [-0.15, -0.1) is 35.3 Å². The molecule has 26 heavy (non-hydrogen) atoms. The molecular formula is C18H34IN5OS. The molecule has 0 amide bonds. The molecule has 1 aromatic rings. The van der Waals surface area contributed by atoms with Crippen LogP contribution in [0, 0.1) is 0 Å². The van der Waals surface area contributed by atoms with Crippen molar-refractivity contribution >= 4 is 41.3 Å². The number of likely N-dealkylation sites (tertiary alicyclic amines) is 1. The monoisotopic (exact) mass is 495 g/mol. The van der Waals surface area contributed by atoms with Crippen LogP contribution in [0.1, 0.15) is 56.7 Å². The normalized spacial score (nSPS) is 16.6. The van der Waals surface area contributed by atoms with Crippen molar-refractivity contribution < 1.29 is 5.11 Å². The van der Waals surface area contributed by atoms with E-state index in [0.29, 0.717) is 12.5 Å². The van der Waals surface area contributed by atoms with E-state index in [1.54, 1.807) is 11.3 Å². The quantitative estimate of drug-likeness (QED) is 0.224. The fraction of sp³-hybridized carbons (Fsp3) is 0.778. The number of aliphatic imine (C=N–C) groups is 1. The van der Waals surface area contributed by atoms with Crippen molar-refractivity contribution in [1.82, 2.24) is 20.5 Å². The first kappa shape index (κ1) is 23.6. The molecule has 0 bridgehead atoms. The molecular weight excluding hydrogens is 461 g/mol. The van der Waals surface area contributed by atoms with Gasteiger partial charge in [0, 0.05) is 31.6 Å². The van der Waals surface area contributed by atoms with E-state index in [0.717, 1.165) is 68.6 Å². The summed E-state index contributed by atoms with van der Waals surface area (Å²) in [4.78, 5) is 11.7. The molecule has 0 atom stereocenters. The smallest absolute Gasteiger partial charge is 0.191 e. The van der Waals surface area contributed by atoms with Gasteiger partial charge >= 0.3 is 0 Å². The molecule has 150 valence electrons. The summed E-state index contributed by atoms with van der Waals surface area (Å²) in [5, 5.41) is 19.4. The lowest BCUT2D eigenvalue weighted by molar-refractivity contribution is 0.0823. The molecule has 2 rings (SSSR count). The SMILES string of the molecule is CCNC(=NCc1nc(C(C)C)cs1)NCCCN1CCC(O)CC1.I. The highest BCUT2D eigenvalue weighted by molar-refractivity contribution is 14.0. The van der Waals surface area contributed by atoms with Gasteiger partial charge in [-0.25, -0.2) is 9.98 Å². The van der Waals surface area contributed by atoms with Crippen molar-refractivity contribution in [2.24, 2.45) is 4.99 Å². The van der Waals surface area contributed by atoms with Crippen molar-refractivity contribution in [2.75, 3.05) is 32.7 Å². The third-order valence-corrected chi connectivity index (χ3v) is 5.23. The highest BCUT2D eigenvalue weighted by Crippen LogP contribution is 2.18. The summed E-state index contributed by atoms with van der Waals surface area (Å²) >= 11 is 1.68. The summed E-state index contributed by atoms with van der Waals surface area (Å²) in [6, 6.07) is 0. The Morgan fingerprint density at radius 3 is 2.73 bits per heavy atom. The molecule has 0 radical (unpaired) electrons. The molecule has 1 fully saturated rings. The zero-order valence-corrected chi connectivity index (χ0v) is 19.3. The molecule has 0 spiro atoms. The molecule has 1 aromatic heterocycles. The Morgan fingerprint density at radius 2 is 2.12 bits per heavy atom. The second-order valence-electron chi connectivity index (χ2n) is 6.87. The summed E-state index contributed by atoms with van der Waals surface area (Å²) in [5.41, 5.74) is 1.15. The van der Waals surface area contributed by atoms with E-state index < -0.39 is 0 Å². The Balaban J connectivity index is 0.00000338. The Hall–Kier alpha value is -0.450. The van der Waals surface area contributed by atoms with E-state index in [2.05, 4.69) is 51.7 Å². The van der Waals surface area contributed by atoms with Crippen molar-refractivity contribution in [1.29, 1.82) is 0 Å². The summed E-state index contributed by atoms with van der Waals surface area (Å²) in [5.74, 6) is 1.33. The average molecular weight is 495 g/mol. The van der Waals surface area contributed by atoms with Crippen molar-refractivity contribution in [3.8, 4) is 0 Å². The van der Waals surface area contributed by atoms with Crippen LogP contribution in [0.25, 0.3) is 0 Å². The highest BCUT2D eigenvalue weighted by atomic mass is 127. The standard InChI is InChI=1S/C18H33N5OS.HI/c1-4-19-18(21-12-17-22-16(13-25-17)14(2)3)20-8-5-9-23-10-6-15(24)7-11-23;/h13-15,24H,4-12H2,1-3H3,(H2,19,20,21);1H. The van der Waals surface area contributed by atoms with Gasteiger partial charge in [-0.3, -0.25) is 0 Å². The lowest BCUT2D eigenvalue weighted by Crippen LogP contribution is -2.40. The molecule has 0 aliphatic carbocycles. The van der Waals surface area contributed by atoms with Crippen LogP contribution in [0.5, 0.6) is 0 Å². The summed E-state index contributed by atoms with van der Waals surface area (Å²) in [7, 11) is 0. The zero-order chi connectivity index (χ0) is 18.1. The maximum Gasteiger partial charge on any atom is 0.191 e. The van der Waals surface area contributed by atoms with Crippen molar-refractivity contribution in [3.05, 3.63) is 16.1 Å². The first-order valence-electron chi connectivity index (χ1n) is 9.45. The highest BCUT2D eigenvalue weighted by Gasteiger charge is 2.16. The number of nitrogens with zero attached hydrogens (tertiary/aromatic N) is 3. The van der Waals surface area contributed by atoms with E-state index in [-0.39, 0.29) is 30.1 Å². The molecule has 1 aliphatic rings. The van der Waals surface area contributed by atoms with Crippen LogP contribution in [0.2, 0.25) is 0 Å². The fourth-order valence-electron chi connectivity index (χ4n) is 2.80. The van der Waals surface area contributed by atoms with Crippen LogP contribution in [-0.4, -0.2) is 59.8 Å². The molecule has 3 N–H and O–H groups in total. The topological polar surface area (TPSA) is 72.8 Å². The van der Waals surface area contributed by atoms with Crippen LogP contribution >= 0.6 is 35.3 Å². The van der Waals surface area contributed by atoms with Gasteiger partial charge in [-0.1, -0.05) is 13.8 Å². The number of guanidine groups is 1. The molecule has 6 nitrogen and oxygen atoms in total. The van der Waals surface area contributed by atoms with Gasteiger partial charge in [0.05, 0.1) is 18.3 Å². The van der Waals surface area contributed by atoms with E-state index in [4.69, 9.17) is 0 Å². The molecule has 8 heteroatoms. The first-order chi connectivity index (χ1) is 12.1. The Morgan fingerprint density at radius 1 is 1.38 bits per heavy atom. The predicted octanol–water partition coefficient (Wildman–Crippen LogP) is 2.79. The molecule has 0 unspecified atom stereocenters. The number of halogens is 1. The predicted molar refractivity (Wildman–Crippen MR) is 121 cm³/mol. The van der Waals surface area contributed by atoms with E-state index in [9.17, 15) is 5.11 Å². The minimum atomic E-state index is -0.0936. The average Bonchev–Trinajstić information content (AvgIpc) is 3.07. The minimum absolute atomic E-state index is 0. The number of hydrogen-bond donors (Lipinski definition) is 3. The lowest BCUT2D eigenvalue weighted by Gasteiger charge is -2.29. The van der Waals surface area contributed by atoms with Gasteiger partial charge in [0.25, 0.3) is 0 Å². The molecule has 0 aromatic carbocycles. The largest absolute Gasteiger partial charge is 0.393 e. The van der Waals surface area contributed by atoms with E-state index >= 15 is 0 Å². The van der Waals surface area contributed by atoms with Crippen molar-refractivity contribution in [3.63, 3.8) is 0 Å². The molecule has 1 aliphatic heterocycles. The minimum Gasteiger partial charge on any atom is -0.393 e. The molecule has 0 saturated carbocycles. The number of hydrogen-bond acceptors (Lipinski definition) is 5. The maximum absolute atomic E-state index is 9.55. The number of aromatic nitrogens is 1. The second kappa shape index (κ2) is 12.9. The summed E-state index contributed by atoms with van der Waals surface area (Å²) < 4.78 is 0. The number of thiazole rings is 1. The molecule has 2 heterocycles. The Bertz CT molecular complexity index is 529. The van der Waals surface area contributed by atoms with E-state index in [1.807, 2.05) is 0 Å². The van der Waals surface area contributed by atoms with Crippen molar-refractivity contribution in [2.45, 2.75) is 58.6 Å². The van der Waals surface area contributed by atoms with Gasteiger partial charge in [0.15, 0.2) is 5.96 Å². The molecule has 1 saturated heterocycles. The number of aliphatic hydroxyl groups excluding tert-OH is 1. The maximum atomic E-state index is 9.55. The van der Waals surface area contributed by atoms with Gasteiger partial charge in [-0.2, -0.15) is 0 Å². The van der Waals surface area contributed by atoms with Crippen LogP contribution in [0.15, 0.2) is 10.4 Å².